The molecule has 2 nitrogen and oxygen atoms in total. The quantitative estimate of drug-likeness (QED) is 0.725. The van der Waals surface area contributed by atoms with Crippen LogP contribution in [-0.4, -0.2) is 4.98 Å². The zero-order valence-electron chi connectivity index (χ0n) is 9.01. The molecule has 0 spiro atoms. The summed E-state index contributed by atoms with van der Waals surface area (Å²) in [7, 11) is 0. The van der Waals surface area contributed by atoms with E-state index in [-0.39, 0.29) is 17.5 Å². The van der Waals surface area contributed by atoms with E-state index >= 15 is 0 Å². The van der Waals surface area contributed by atoms with Crippen LogP contribution in [-0.2, 0) is 12.4 Å². The standard InChI is InChI=1S/C11H5F6NO/c12-10(13,14)7-3-6(9-18-1-2-19-9)4-8(5-7)11(15,16)17/h1-5H. The van der Waals surface area contributed by atoms with Gasteiger partial charge in [0, 0.05) is 5.56 Å². The van der Waals surface area contributed by atoms with Gasteiger partial charge in [0.25, 0.3) is 0 Å². The fraction of sp³-hybridized carbons (Fsp3) is 0.182. The lowest BCUT2D eigenvalue weighted by Crippen LogP contribution is -2.11. The highest BCUT2D eigenvalue weighted by molar-refractivity contribution is 5.57. The summed E-state index contributed by atoms with van der Waals surface area (Å²) in [6.45, 7) is 0. The van der Waals surface area contributed by atoms with E-state index in [2.05, 4.69) is 4.98 Å². The summed E-state index contributed by atoms with van der Waals surface area (Å²) >= 11 is 0. The molecule has 1 aromatic carbocycles. The third-order valence-electron chi connectivity index (χ3n) is 2.27. The van der Waals surface area contributed by atoms with Crippen molar-refractivity contribution in [2.24, 2.45) is 0 Å². The Morgan fingerprint density at radius 3 is 1.74 bits per heavy atom. The Morgan fingerprint density at radius 1 is 0.842 bits per heavy atom. The smallest absolute Gasteiger partial charge is 0.416 e. The minimum Gasteiger partial charge on any atom is -0.445 e. The van der Waals surface area contributed by atoms with Crippen LogP contribution in [0.2, 0.25) is 0 Å². The minimum atomic E-state index is -4.89. The highest BCUT2D eigenvalue weighted by Gasteiger charge is 2.37. The van der Waals surface area contributed by atoms with Crippen molar-refractivity contribution >= 4 is 0 Å². The molecule has 0 aliphatic carbocycles. The molecule has 0 amide bonds. The van der Waals surface area contributed by atoms with Crippen molar-refractivity contribution in [2.45, 2.75) is 12.4 Å². The molecule has 0 aliphatic heterocycles. The van der Waals surface area contributed by atoms with Crippen molar-refractivity contribution in [3.63, 3.8) is 0 Å². The molecular weight excluding hydrogens is 276 g/mol. The second-order valence-electron chi connectivity index (χ2n) is 3.63. The molecule has 19 heavy (non-hydrogen) atoms. The Balaban J connectivity index is 2.62. The van der Waals surface area contributed by atoms with Crippen LogP contribution < -0.4 is 0 Å². The molecule has 0 N–H and O–H groups in total. The van der Waals surface area contributed by atoms with Gasteiger partial charge in [0.2, 0.25) is 5.89 Å². The predicted octanol–water partition coefficient (Wildman–Crippen LogP) is 4.38. The van der Waals surface area contributed by atoms with Gasteiger partial charge in [-0.15, -0.1) is 0 Å². The third-order valence-corrected chi connectivity index (χ3v) is 2.27. The molecule has 2 aromatic rings. The molecule has 1 heterocycles. The lowest BCUT2D eigenvalue weighted by atomic mass is 10.0. The molecule has 0 radical (unpaired) electrons. The topological polar surface area (TPSA) is 26.0 Å². The number of benzene rings is 1. The summed E-state index contributed by atoms with van der Waals surface area (Å²) in [5.41, 5.74) is -3.20. The van der Waals surface area contributed by atoms with Gasteiger partial charge < -0.3 is 4.42 Å². The van der Waals surface area contributed by atoms with E-state index in [1.807, 2.05) is 0 Å². The Hall–Kier alpha value is -1.99. The maximum Gasteiger partial charge on any atom is 0.416 e. The van der Waals surface area contributed by atoms with Crippen LogP contribution in [0.1, 0.15) is 11.1 Å². The molecular formula is C11H5F6NO. The van der Waals surface area contributed by atoms with Gasteiger partial charge in [0.05, 0.1) is 17.3 Å². The van der Waals surface area contributed by atoms with Gasteiger partial charge >= 0.3 is 12.4 Å². The van der Waals surface area contributed by atoms with Crippen LogP contribution in [0.25, 0.3) is 11.5 Å². The van der Waals surface area contributed by atoms with E-state index in [1.54, 1.807) is 0 Å². The van der Waals surface area contributed by atoms with Crippen molar-refractivity contribution < 1.29 is 30.8 Å². The Kier molecular flexibility index (Phi) is 3.03. The average molecular weight is 281 g/mol. The van der Waals surface area contributed by atoms with Crippen LogP contribution in [0.15, 0.2) is 35.1 Å². The van der Waals surface area contributed by atoms with Crippen molar-refractivity contribution in [3.8, 4) is 11.5 Å². The Labute approximate surface area is 102 Å². The van der Waals surface area contributed by atoms with Gasteiger partial charge in [-0.3, -0.25) is 0 Å². The highest BCUT2D eigenvalue weighted by atomic mass is 19.4. The van der Waals surface area contributed by atoms with E-state index in [4.69, 9.17) is 4.42 Å². The first-order chi connectivity index (χ1) is 8.68. The lowest BCUT2D eigenvalue weighted by molar-refractivity contribution is -0.143. The van der Waals surface area contributed by atoms with Crippen molar-refractivity contribution in [3.05, 3.63) is 41.8 Å². The van der Waals surface area contributed by atoms with Gasteiger partial charge in [-0.1, -0.05) is 0 Å². The summed E-state index contributed by atoms with van der Waals surface area (Å²) in [4.78, 5) is 3.53. The summed E-state index contributed by atoms with van der Waals surface area (Å²) in [5, 5.41) is 0. The SMILES string of the molecule is FC(F)(F)c1cc(-c2ncco2)cc(C(F)(F)F)c1. The fourth-order valence-corrected chi connectivity index (χ4v) is 1.44. The maximum absolute atomic E-state index is 12.6. The maximum atomic E-state index is 12.6. The first-order valence-electron chi connectivity index (χ1n) is 4.87. The number of aromatic nitrogens is 1. The number of hydrogen-bond acceptors (Lipinski definition) is 2. The van der Waals surface area contributed by atoms with E-state index in [1.165, 1.54) is 0 Å². The number of rotatable bonds is 1. The molecule has 2 rings (SSSR count). The van der Waals surface area contributed by atoms with Crippen LogP contribution >= 0.6 is 0 Å². The van der Waals surface area contributed by atoms with Crippen LogP contribution in [0.5, 0.6) is 0 Å². The van der Waals surface area contributed by atoms with E-state index in [9.17, 15) is 26.3 Å². The van der Waals surface area contributed by atoms with Crippen LogP contribution in [0.3, 0.4) is 0 Å². The number of alkyl halides is 6. The van der Waals surface area contributed by atoms with E-state index < -0.39 is 23.5 Å². The summed E-state index contributed by atoms with van der Waals surface area (Å²) < 4.78 is 80.1. The van der Waals surface area contributed by atoms with Crippen LogP contribution in [0, 0.1) is 0 Å². The summed E-state index contributed by atoms with van der Waals surface area (Å²) in [6.07, 6.45) is -7.59. The first-order valence-corrected chi connectivity index (χ1v) is 4.87. The molecule has 0 saturated carbocycles. The molecule has 8 heteroatoms. The monoisotopic (exact) mass is 281 g/mol. The molecule has 0 saturated heterocycles. The Morgan fingerprint density at radius 2 is 1.37 bits per heavy atom. The fourth-order valence-electron chi connectivity index (χ4n) is 1.44. The zero-order chi connectivity index (χ0) is 14.3. The molecule has 0 atom stereocenters. The largest absolute Gasteiger partial charge is 0.445 e. The number of nitrogens with zero attached hydrogens (tertiary/aromatic N) is 1. The second-order valence-corrected chi connectivity index (χ2v) is 3.63. The van der Waals surface area contributed by atoms with Gasteiger partial charge in [-0.25, -0.2) is 4.98 Å². The number of halogens is 6. The molecule has 1 aromatic heterocycles. The predicted molar refractivity (Wildman–Crippen MR) is 51.9 cm³/mol. The van der Waals surface area contributed by atoms with Crippen molar-refractivity contribution in [1.82, 2.24) is 4.98 Å². The summed E-state index contributed by atoms with van der Waals surface area (Å²) in [5.74, 6) is -0.309. The molecule has 0 aliphatic rings. The van der Waals surface area contributed by atoms with E-state index in [0.29, 0.717) is 12.1 Å². The molecule has 102 valence electrons. The highest BCUT2D eigenvalue weighted by Crippen LogP contribution is 2.38. The summed E-state index contributed by atoms with van der Waals surface area (Å²) in [6, 6.07) is 1.16. The normalized spacial score (nSPS) is 12.7. The van der Waals surface area contributed by atoms with E-state index in [0.717, 1.165) is 12.5 Å². The van der Waals surface area contributed by atoms with Gasteiger partial charge in [-0.05, 0) is 18.2 Å². The Bertz CT molecular complexity index is 538. The van der Waals surface area contributed by atoms with Crippen LogP contribution in [0.4, 0.5) is 26.3 Å². The van der Waals surface area contributed by atoms with Gasteiger partial charge in [0.15, 0.2) is 0 Å². The minimum absolute atomic E-state index is 0.0481. The number of oxazole rings is 1. The van der Waals surface area contributed by atoms with Crippen molar-refractivity contribution in [2.75, 3.05) is 0 Å². The zero-order valence-corrected chi connectivity index (χ0v) is 9.01. The number of hydrogen-bond donors (Lipinski definition) is 0. The second kappa shape index (κ2) is 4.29. The third kappa shape index (κ3) is 2.88. The average Bonchev–Trinajstić information content (AvgIpc) is 2.79. The molecule has 0 fully saturated rings. The lowest BCUT2D eigenvalue weighted by Gasteiger charge is -2.12. The first kappa shape index (κ1) is 13.4. The molecule has 0 bridgehead atoms. The van der Waals surface area contributed by atoms with Crippen molar-refractivity contribution in [1.29, 1.82) is 0 Å². The molecule has 0 unspecified atom stereocenters. The van der Waals surface area contributed by atoms with Gasteiger partial charge in [0.1, 0.15) is 6.26 Å². The van der Waals surface area contributed by atoms with Gasteiger partial charge in [-0.2, -0.15) is 26.3 Å².